The van der Waals surface area contributed by atoms with Crippen molar-refractivity contribution >= 4 is 23.4 Å². The van der Waals surface area contributed by atoms with Crippen LogP contribution in [0.2, 0.25) is 5.02 Å². The van der Waals surface area contributed by atoms with Crippen LogP contribution >= 0.6 is 23.4 Å². The molecule has 0 heterocycles. The third-order valence-electron chi connectivity index (χ3n) is 3.03. The maximum atomic E-state index is 13.5. The van der Waals surface area contributed by atoms with Gasteiger partial charge in [-0.05, 0) is 25.2 Å². The van der Waals surface area contributed by atoms with E-state index in [0.29, 0.717) is 16.9 Å². The van der Waals surface area contributed by atoms with Crippen LogP contribution in [0.25, 0.3) is 0 Å². The van der Waals surface area contributed by atoms with Crippen LogP contribution in [0.15, 0.2) is 18.2 Å². The normalized spacial score (nSPS) is 17.4. The smallest absolute Gasteiger partial charge is 0.146 e. The van der Waals surface area contributed by atoms with E-state index < -0.39 is 0 Å². The fourth-order valence-corrected chi connectivity index (χ4v) is 2.65. The Labute approximate surface area is 105 Å². The van der Waals surface area contributed by atoms with Gasteiger partial charge in [-0.25, -0.2) is 4.39 Å². The van der Waals surface area contributed by atoms with Crippen LogP contribution in [0, 0.1) is 5.82 Å². The summed E-state index contributed by atoms with van der Waals surface area (Å²) in [4.78, 5) is 0. The van der Waals surface area contributed by atoms with E-state index in [1.807, 2.05) is 11.8 Å². The molecule has 0 radical (unpaired) electrons. The molecule has 1 saturated carbocycles. The summed E-state index contributed by atoms with van der Waals surface area (Å²) in [7, 11) is 0. The molecule has 0 atom stereocenters. The third-order valence-corrected chi connectivity index (χ3v) is 4.75. The largest absolute Gasteiger partial charge is 0.311 e. The van der Waals surface area contributed by atoms with E-state index in [1.54, 1.807) is 18.2 Å². The van der Waals surface area contributed by atoms with Gasteiger partial charge in [0, 0.05) is 23.4 Å². The van der Waals surface area contributed by atoms with E-state index in [4.69, 9.17) is 11.6 Å². The highest BCUT2D eigenvalue weighted by Crippen LogP contribution is 2.46. The Morgan fingerprint density at radius 3 is 2.88 bits per heavy atom. The molecular weight excluding hydrogens is 245 g/mol. The number of rotatable bonds is 5. The van der Waals surface area contributed by atoms with Crippen LogP contribution in [0.5, 0.6) is 0 Å². The molecule has 0 aromatic heterocycles. The minimum atomic E-state index is -0.300. The Hall–Kier alpha value is -0.250. The molecule has 88 valence electrons. The van der Waals surface area contributed by atoms with Gasteiger partial charge in [0.25, 0.3) is 0 Å². The van der Waals surface area contributed by atoms with Crippen molar-refractivity contribution < 1.29 is 4.39 Å². The molecule has 0 aliphatic heterocycles. The van der Waals surface area contributed by atoms with Crippen molar-refractivity contribution in [3.63, 3.8) is 0 Å². The third kappa shape index (κ3) is 2.70. The van der Waals surface area contributed by atoms with Crippen LogP contribution in [0.1, 0.15) is 18.4 Å². The molecule has 0 saturated heterocycles. The molecule has 1 aliphatic rings. The van der Waals surface area contributed by atoms with Gasteiger partial charge in [-0.3, -0.25) is 0 Å². The molecule has 0 spiro atoms. The molecule has 0 bridgehead atoms. The molecule has 0 amide bonds. The summed E-state index contributed by atoms with van der Waals surface area (Å²) in [5.41, 5.74) is 0.643. The molecule has 16 heavy (non-hydrogen) atoms. The molecule has 1 N–H and O–H groups in total. The second kappa shape index (κ2) is 4.94. The van der Waals surface area contributed by atoms with Gasteiger partial charge in [-0.2, -0.15) is 11.8 Å². The summed E-state index contributed by atoms with van der Waals surface area (Å²) in [6.45, 7) is 1.49. The van der Waals surface area contributed by atoms with Crippen LogP contribution < -0.4 is 5.32 Å². The summed E-state index contributed by atoms with van der Waals surface area (Å²) < 4.78 is 14.0. The topological polar surface area (TPSA) is 12.0 Å². The van der Waals surface area contributed by atoms with E-state index in [2.05, 4.69) is 11.6 Å². The maximum Gasteiger partial charge on any atom is 0.146 e. The van der Waals surface area contributed by atoms with E-state index in [0.717, 1.165) is 6.54 Å². The number of halogens is 2. The minimum Gasteiger partial charge on any atom is -0.311 e. The van der Waals surface area contributed by atoms with Crippen molar-refractivity contribution in [3.8, 4) is 0 Å². The molecule has 2 rings (SSSR count). The number of hydrogen-bond donors (Lipinski definition) is 1. The lowest BCUT2D eigenvalue weighted by Crippen LogP contribution is -2.25. The second-order valence-electron chi connectivity index (χ2n) is 4.20. The average molecular weight is 260 g/mol. The Balaban J connectivity index is 1.88. The van der Waals surface area contributed by atoms with Gasteiger partial charge >= 0.3 is 0 Å². The van der Waals surface area contributed by atoms with E-state index in [1.165, 1.54) is 12.8 Å². The maximum absolute atomic E-state index is 13.5. The van der Waals surface area contributed by atoms with Gasteiger partial charge in [0.15, 0.2) is 0 Å². The van der Waals surface area contributed by atoms with Crippen LogP contribution in [0.3, 0.4) is 0 Å². The van der Waals surface area contributed by atoms with Crippen molar-refractivity contribution in [2.24, 2.45) is 0 Å². The van der Waals surface area contributed by atoms with Gasteiger partial charge in [-0.1, -0.05) is 23.7 Å². The summed E-state index contributed by atoms with van der Waals surface area (Å²) >= 11 is 7.61. The molecule has 1 fully saturated rings. The first-order valence-electron chi connectivity index (χ1n) is 5.36. The van der Waals surface area contributed by atoms with E-state index >= 15 is 0 Å². The predicted octanol–water partition coefficient (Wildman–Crippen LogP) is 3.46. The average Bonchev–Trinajstić information content (AvgIpc) is 3.05. The summed E-state index contributed by atoms with van der Waals surface area (Å²) in [6, 6.07) is 5.13. The van der Waals surface area contributed by atoms with Crippen LogP contribution in [-0.4, -0.2) is 17.5 Å². The zero-order chi connectivity index (χ0) is 11.6. The van der Waals surface area contributed by atoms with E-state index in [-0.39, 0.29) is 10.8 Å². The highest BCUT2D eigenvalue weighted by Gasteiger charge is 2.41. The van der Waals surface area contributed by atoms with Crippen molar-refractivity contribution in [2.45, 2.75) is 24.1 Å². The Morgan fingerprint density at radius 1 is 1.50 bits per heavy atom. The second-order valence-corrected chi connectivity index (χ2v) is 5.89. The quantitative estimate of drug-likeness (QED) is 0.869. The van der Waals surface area contributed by atoms with Crippen molar-refractivity contribution in [3.05, 3.63) is 34.6 Å². The first-order valence-corrected chi connectivity index (χ1v) is 6.96. The molecule has 1 aromatic carbocycles. The number of hydrogen-bond acceptors (Lipinski definition) is 2. The standard InChI is InChI=1S/C12H15ClFNS/c1-16-12(5-6-12)8-15-7-9-3-2-4-10(13)11(9)14/h2-4,15H,5-8H2,1H3. The highest BCUT2D eigenvalue weighted by molar-refractivity contribution is 8.00. The molecule has 0 unspecified atom stereocenters. The Bertz CT molecular complexity index is 379. The monoisotopic (exact) mass is 259 g/mol. The number of thioether (sulfide) groups is 1. The van der Waals surface area contributed by atoms with Gasteiger partial charge in [-0.15, -0.1) is 0 Å². The van der Waals surface area contributed by atoms with E-state index in [9.17, 15) is 4.39 Å². The van der Waals surface area contributed by atoms with Crippen molar-refractivity contribution in [1.82, 2.24) is 5.32 Å². The predicted molar refractivity (Wildman–Crippen MR) is 68.6 cm³/mol. The molecule has 1 aromatic rings. The molecular formula is C12H15ClFNS. The number of benzene rings is 1. The van der Waals surface area contributed by atoms with Gasteiger partial charge in [0.2, 0.25) is 0 Å². The van der Waals surface area contributed by atoms with Crippen LogP contribution in [0.4, 0.5) is 4.39 Å². The Kier molecular flexibility index (Phi) is 3.77. The summed E-state index contributed by atoms with van der Waals surface area (Å²) in [6.07, 6.45) is 4.66. The fourth-order valence-electron chi connectivity index (χ4n) is 1.70. The van der Waals surface area contributed by atoms with Crippen molar-refractivity contribution in [1.29, 1.82) is 0 Å². The molecule has 1 aliphatic carbocycles. The molecule has 1 nitrogen and oxygen atoms in total. The Morgan fingerprint density at radius 2 is 2.25 bits per heavy atom. The zero-order valence-corrected chi connectivity index (χ0v) is 10.8. The van der Waals surface area contributed by atoms with Gasteiger partial charge in [0.1, 0.15) is 5.82 Å². The number of nitrogens with one attached hydrogen (secondary N) is 1. The summed E-state index contributed by atoms with van der Waals surface area (Å²) in [5, 5.41) is 3.50. The lowest BCUT2D eigenvalue weighted by Gasteiger charge is -2.13. The minimum absolute atomic E-state index is 0.199. The first kappa shape index (κ1) is 12.2. The first-order chi connectivity index (χ1) is 7.67. The van der Waals surface area contributed by atoms with Gasteiger partial charge in [0.05, 0.1) is 5.02 Å². The highest BCUT2D eigenvalue weighted by atomic mass is 35.5. The SMILES string of the molecule is CSC1(CNCc2cccc(Cl)c2F)CC1. The van der Waals surface area contributed by atoms with Crippen LogP contribution in [-0.2, 0) is 6.54 Å². The van der Waals surface area contributed by atoms with Crippen molar-refractivity contribution in [2.75, 3.05) is 12.8 Å². The molecule has 4 heteroatoms. The fraction of sp³-hybridized carbons (Fsp3) is 0.500. The lowest BCUT2D eigenvalue weighted by molar-refractivity contribution is 0.584. The zero-order valence-electron chi connectivity index (χ0n) is 9.22. The van der Waals surface area contributed by atoms with Gasteiger partial charge < -0.3 is 5.32 Å². The lowest BCUT2D eigenvalue weighted by atomic mass is 10.2. The summed E-state index contributed by atoms with van der Waals surface area (Å²) in [5.74, 6) is -0.300.